The standard InChI is InChI=1S/C14H29N3O3/c1-6-15-13(17-11-14(2,3)20-5)16-10-8-7-9-12(18)19-4/h6-11H2,1-5H3,(H2,15,16,17). The molecule has 0 saturated carbocycles. The van der Waals surface area contributed by atoms with Gasteiger partial charge in [-0.15, -0.1) is 0 Å². The van der Waals surface area contributed by atoms with Crippen molar-refractivity contribution in [3.63, 3.8) is 0 Å². The maximum absolute atomic E-state index is 11.0. The van der Waals surface area contributed by atoms with Crippen molar-refractivity contribution < 1.29 is 14.3 Å². The van der Waals surface area contributed by atoms with Gasteiger partial charge in [-0.25, -0.2) is 0 Å². The summed E-state index contributed by atoms with van der Waals surface area (Å²) in [6.45, 7) is 8.18. The number of carbonyl (C=O) groups excluding carboxylic acids is 1. The Hall–Kier alpha value is -1.30. The number of rotatable bonds is 9. The summed E-state index contributed by atoms with van der Waals surface area (Å²) in [5.74, 6) is 0.614. The summed E-state index contributed by atoms with van der Waals surface area (Å²) in [6, 6.07) is 0. The van der Waals surface area contributed by atoms with E-state index < -0.39 is 0 Å². The van der Waals surface area contributed by atoms with E-state index in [2.05, 4.69) is 20.4 Å². The number of guanidine groups is 1. The predicted molar refractivity (Wildman–Crippen MR) is 80.9 cm³/mol. The number of aliphatic imine (C=N–C) groups is 1. The van der Waals surface area contributed by atoms with E-state index in [4.69, 9.17) is 4.74 Å². The van der Waals surface area contributed by atoms with E-state index >= 15 is 0 Å². The van der Waals surface area contributed by atoms with Crippen LogP contribution in [-0.2, 0) is 14.3 Å². The summed E-state index contributed by atoms with van der Waals surface area (Å²) in [6.07, 6.45) is 2.17. The smallest absolute Gasteiger partial charge is 0.305 e. The summed E-state index contributed by atoms with van der Waals surface area (Å²) in [5, 5.41) is 6.42. The number of hydrogen-bond donors (Lipinski definition) is 2. The molecule has 0 unspecified atom stereocenters. The molecule has 20 heavy (non-hydrogen) atoms. The van der Waals surface area contributed by atoms with Crippen LogP contribution in [-0.4, -0.2) is 51.4 Å². The Kier molecular flexibility index (Phi) is 9.80. The van der Waals surface area contributed by atoms with Crippen LogP contribution in [0.3, 0.4) is 0 Å². The molecule has 0 aromatic carbocycles. The Balaban J connectivity index is 4.02. The molecule has 0 bridgehead atoms. The minimum Gasteiger partial charge on any atom is -0.469 e. The molecule has 0 aliphatic rings. The lowest BCUT2D eigenvalue weighted by molar-refractivity contribution is -0.140. The molecule has 6 heteroatoms. The van der Waals surface area contributed by atoms with E-state index in [1.54, 1.807) is 7.11 Å². The van der Waals surface area contributed by atoms with Crippen molar-refractivity contribution in [2.75, 3.05) is 33.9 Å². The van der Waals surface area contributed by atoms with E-state index in [0.717, 1.165) is 31.9 Å². The number of unbranched alkanes of at least 4 members (excludes halogenated alkanes) is 1. The summed E-state index contributed by atoms with van der Waals surface area (Å²) in [4.78, 5) is 15.4. The molecule has 0 heterocycles. The van der Waals surface area contributed by atoms with Gasteiger partial charge in [0.1, 0.15) is 0 Å². The molecule has 2 N–H and O–H groups in total. The number of ether oxygens (including phenoxy) is 2. The molecule has 0 saturated heterocycles. The first-order chi connectivity index (χ1) is 9.45. The van der Waals surface area contributed by atoms with Gasteiger partial charge in [-0.1, -0.05) is 0 Å². The Labute approximate surface area is 122 Å². The second kappa shape index (κ2) is 10.5. The fourth-order valence-corrected chi connectivity index (χ4v) is 1.38. The fraction of sp³-hybridized carbons (Fsp3) is 0.857. The lowest BCUT2D eigenvalue weighted by atomic mass is 10.1. The maximum atomic E-state index is 11.0. The highest BCUT2D eigenvalue weighted by Gasteiger charge is 2.15. The summed E-state index contributed by atoms with van der Waals surface area (Å²) < 4.78 is 9.93. The molecule has 0 aliphatic heterocycles. The van der Waals surface area contributed by atoms with Crippen LogP contribution in [0.4, 0.5) is 0 Å². The molecule has 118 valence electrons. The summed E-state index contributed by atoms with van der Waals surface area (Å²) in [7, 11) is 3.09. The van der Waals surface area contributed by atoms with Gasteiger partial charge in [0, 0.05) is 26.6 Å². The number of carbonyl (C=O) groups is 1. The third kappa shape index (κ3) is 9.61. The van der Waals surface area contributed by atoms with E-state index in [1.165, 1.54) is 7.11 Å². The molecule has 0 spiro atoms. The highest BCUT2D eigenvalue weighted by atomic mass is 16.5. The topological polar surface area (TPSA) is 72.0 Å². The fourth-order valence-electron chi connectivity index (χ4n) is 1.38. The van der Waals surface area contributed by atoms with Gasteiger partial charge in [-0.2, -0.15) is 0 Å². The Bertz CT molecular complexity index is 304. The highest BCUT2D eigenvalue weighted by Crippen LogP contribution is 2.06. The Morgan fingerprint density at radius 2 is 1.90 bits per heavy atom. The average Bonchev–Trinajstić information content (AvgIpc) is 2.44. The number of hydrogen-bond acceptors (Lipinski definition) is 4. The van der Waals surface area contributed by atoms with E-state index in [9.17, 15) is 4.79 Å². The third-order valence-corrected chi connectivity index (χ3v) is 2.84. The second-order valence-corrected chi connectivity index (χ2v) is 5.12. The third-order valence-electron chi connectivity index (χ3n) is 2.84. The lowest BCUT2D eigenvalue weighted by Crippen LogP contribution is -2.39. The number of nitrogens with one attached hydrogen (secondary N) is 2. The van der Waals surface area contributed by atoms with Crippen molar-refractivity contribution in [2.24, 2.45) is 4.99 Å². The second-order valence-electron chi connectivity index (χ2n) is 5.12. The minimum absolute atomic E-state index is 0.160. The van der Waals surface area contributed by atoms with Crippen LogP contribution < -0.4 is 10.6 Å². The Morgan fingerprint density at radius 1 is 1.20 bits per heavy atom. The van der Waals surface area contributed by atoms with Crippen LogP contribution in [0.5, 0.6) is 0 Å². The van der Waals surface area contributed by atoms with Gasteiger partial charge in [-0.05, 0) is 33.6 Å². The monoisotopic (exact) mass is 287 g/mol. The normalized spacial score (nSPS) is 12.2. The molecular formula is C14H29N3O3. The van der Waals surface area contributed by atoms with E-state index in [0.29, 0.717) is 13.0 Å². The lowest BCUT2D eigenvalue weighted by Gasteiger charge is -2.21. The summed E-state index contributed by atoms with van der Waals surface area (Å²) >= 11 is 0. The van der Waals surface area contributed by atoms with Gasteiger partial charge in [0.15, 0.2) is 5.96 Å². The van der Waals surface area contributed by atoms with Gasteiger partial charge in [-0.3, -0.25) is 9.79 Å². The zero-order valence-corrected chi connectivity index (χ0v) is 13.4. The van der Waals surface area contributed by atoms with Crippen LogP contribution in [0.2, 0.25) is 0 Å². The van der Waals surface area contributed by atoms with Crippen molar-refractivity contribution in [3.8, 4) is 0 Å². The average molecular weight is 287 g/mol. The molecule has 6 nitrogen and oxygen atoms in total. The molecular weight excluding hydrogens is 258 g/mol. The Morgan fingerprint density at radius 3 is 2.45 bits per heavy atom. The van der Waals surface area contributed by atoms with Crippen molar-refractivity contribution >= 4 is 11.9 Å². The SMILES string of the molecule is CCNC(=NCC(C)(C)OC)NCCCCC(=O)OC. The number of esters is 1. The van der Waals surface area contributed by atoms with E-state index in [-0.39, 0.29) is 11.6 Å². The first kappa shape index (κ1) is 18.7. The van der Waals surface area contributed by atoms with Gasteiger partial charge in [0.05, 0.1) is 19.3 Å². The molecule has 0 radical (unpaired) electrons. The molecule has 0 aliphatic carbocycles. The minimum atomic E-state index is -0.271. The first-order valence-electron chi connectivity index (χ1n) is 7.09. The van der Waals surface area contributed by atoms with Crippen LogP contribution in [0.1, 0.15) is 40.0 Å². The zero-order chi connectivity index (χ0) is 15.4. The van der Waals surface area contributed by atoms with Crippen molar-refractivity contribution in [3.05, 3.63) is 0 Å². The van der Waals surface area contributed by atoms with Crippen LogP contribution >= 0.6 is 0 Å². The largest absolute Gasteiger partial charge is 0.469 e. The predicted octanol–water partition coefficient (Wildman–Crippen LogP) is 1.31. The van der Waals surface area contributed by atoms with Gasteiger partial charge in [0.25, 0.3) is 0 Å². The van der Waals surface area contributed by atoms with E-state index in [1.807, 2.05) is 20.8 Å². The molecule has 0 amide bonds. The van der Waals surface area contributed by atoms with Crippen molar-refractivity contribution in [1.82, 2.24) is 10.6 Å². The van der Waals surface area contributed by atoms with Crippen LogP contribution in [0, 0.1) is 0 Å². The van der Waals surface area contributed by atoms with Gasteiger partial charge >= 0.3 is 5.97 Å². The number of methoxy groups -OCH3 is 2. The van der Waals surface area contributed by atoms with Crippen LogP contribution in [0.15, 0.2) is 4.99 Å². The molecule has 0 fully saturated rings. The quantitative estimate of drug-likeness (QED) is 0.289. The molecule has 0 aromatic rings. The maximum Gasteiger partial charge on any atom is 0.305 e. The van der Waals surface area contributed by atoms with Crippen molar-refractivity contribution in [1.29, 1.82) is 0 Å². The summed E-state index contributed by atoms with van der Waals surface area (Å²) in [5.41, 5.74) is -0.271. The van der Waals surface area contributed by atoms with Gasteiger partial charge in [0.2, 0.25) is 0 Å². The van der Waals surface area contributed by atoms with Crippen molar-refractivity contribution in [2.45, 2.75) is 45.6 Å². The van der Waals surface area contributed by atoms with Crippen LogP contribution in [0.25, 0.3) is 0 Å². The molecule has 0 rings (SSSR count). The zero-order valence-electron chi connectivity index (χ0n) is 13.4. The first-order valence-corrected chi connectivity index (χ1v) is 7.09. The van der Waals surface area contributed by atoms with Gasteiger partial charge < -0.3 is 20.1 Å². The molecule has 0 atom stereocenters. The highest BCUT2D eigenvalue weighted by molar-refractivity contribution is 5.79. The molecule has 0 aromatic heterocycles. The number of nitrogens with zero attached hydrogens (tertiary/aromatic N) is 1.